The van der Waals surface area contributed by atoms with Gasteiger partial charge in [0.1, 0.15) is 6.29 Å². The highest BCUT2D eigenvalue weighted by molar-refractivity contribution is 6.31. The van der Waals surface area contributed by atoms with Crippen LogP contribution in [0.2, 0.25) is 5.02 Å². The van der Waals surface area contributed by atoms with E-state index in [1.54, 1.807) is 0 Å². The summed E-state index contributed by atoms with van der Waals surface area (Å²) in [4.78, 5) is 13.8. The molecule has 2 nitrogen and oxygen atoms in total. The third kappa shape index (κ3) is 3.32. The molecule has 1 aliphatic rings. The molecule has 2 aromatic carbocycles. The normalized spacial score (nSPS) is 21.0. The van der Waals surface area contributed by atoms with Gasteiger partial charge < -0.3 is 9.69 Å². The zero-order chi connectivity index (χ0) is 16.2. The Hall–Kier alpha value is -2.06. The first-order valence-corrected chi connectivity index (χ1v) is 8.28. The van der Waals surface area contributed by atoms with Crippen molar-refractivity contribution in [3.63, 3.8) is 0 Å². The van der Waals surface area contributed by atoms with Crippen molar-refractivity contribution in [2.24, 2.45) is 5.92 Å². The zero-order valence-electron chi connectivity index (χ0n) is 13.0. The maximum atomic E-state index is 11.5. The van der Waals surface area contributed by atoms with Crippen LogP contribution in [0.4, 0.5) is 5.69 Å². The molecule has 0 bridgehead atoms. The van der Waals surface area contributed by atoms with Crippen LogP contribution in [-0.4, -0.2) is 19.4 Å². The summed E-state index contributed by atoms with van der Waals surface area (Å²) >= 11 is 6.19. The maximum absolute atomic E-state index is 11.5. The minimum Gasteiger partial charge on any atom is -0.370 e. The van der Waals surface area contributed by atoms with Gasteiger partial charge in [-0.15, -0.1) is 0 Å². The molecule has 1 heterocycles. The largest absolute Gasteiger partial charge is 0.370 e. The molecule has 0 aliphatic carbocycles. The van der Waals surface area contributed by atoms with Gasteiger partial charge in [-0.2, -0.15) is 0 Å². The van der Waals surface area contributed by atoms with Crippen LogP contribution in [0, 0.1) is 5.92 Å². The number of nitrogens with zero attached hydrogens (tertiary/aromatic N) is 1. The molecule has 118 valence electrons. The summed E-state index contributed by atoms with van der Waals surface area (Å²) in [5.74, 6) is 0.277. The Kier molecular flexibility index (Phi) is 4.82. The predicted molar refractivity (Wildman–Crippen MR) is 97.1 cm³/mol. The first-order valence-electron chi connectivity index (χ1n) is 7.90. The summed E-state index contributed by atoms with van der Waals surface area (Å²) in [6.45, 7) is 5.57. The Morgan fingerprint density at radius 1 is 1.17 bits per heavy atom. The summed E-state index contributed by atoms with van der Waals surface area (Å²) in [7, 11) is 0. The van der Waals surface area contributed by atoms with Gasteiger partial charge in [-0.3, -0.25) is 0 Å². The second kappa shape index (κ2) is 7.01. The van der Waals surface area contributed by atoms with Crippen LogP contribution >= 0.6 is 11.6 Å². The summed E-state index contributed by atoms with van der Waals surface area (Å²) < 4.78 is 0. The van der Waals surface area contributed by atoms with E-state index in [4.69, 9.17) is 11.6 Å². The standard InChI is InChI=1S/C20H20ClNO/c1-2-15-8-9-18(21)12-20(15)22-11-10-17(14-23)19(13-22)16-6-4-3-5-7-16/h2-9,12,14,17,19H,1,10-11,13H2. The number of anilines is 1. The molecule has 3 rings (SSSR count). The molecule has 0 aromatic heterocycles. The summed E-state index contributed by atoms with van der Waals surface area (Å²) in [5, 5.41) is 0.722. The Bertz CT molecular complexity index is 698. The fourth-order valence-electron chi connectivity index (χ4n) is 3.37. The molecule has 0 saturated carbocycles. The summed E-state index contributed by atoms with van der Waals surface area (Å²) in [6.07, 6.45) is 3.82. The Morgan fingerprint density at radius 2 is 1.96 bits per heavy atom. The third-order valence-corrected chi connectivity index (χ3v) is 4.86. The smallest absolute Gasteiger partial charge is 0.123 e. The van der Waals surface area contributed by atoms with Crippen molar-refractivity contribution in [3.05, 3.63) is 71.3 Å². The lowest BCUT2D eigenvalue weighted by molar-refractivity contribution is -0.112. The van der Waals surface area contributed by atoms with Crippen molar-refractivity contribution in [1.29, 1.82) is 0 Å². The number of hydrogen-bond acceptors (Lipinski definition) is 2. The average Bonchev–Trinajstić information content (AvgIpc) is 2.62. The van der Waals surface area contributed by atoms with E-state index < -0.39 is 0 Å². The SMILES string of the molecule is C=Cc1ccc(Cl)cc1N1CCC(C=O)C(c2ccccc2)C1. The number of carbonyl (C=O) groups excluding carboxylic acids is 1. The molecule has 1 aliphatic heterocycles. The van der Waals surface area contributed by atoms with E-state index in [2.05, 4.69) is 23.6 Å². The minimum absolute atomic E-state index is 0.0695. The fourth-order valence-corrected chi connectivity index (χ4v) is 3.53. The van der Waals surface area contributed by atoms with Crippen molar-refractivity contribution in [3.8, 4) is 0 Å². The summed E-state index contributed by atoms with van der Waals surface area (Å²) in [6, 6.07) is 16.2. The predicted octanol–water partition coefficient (Wildman–Crippen LogP) is 4.79. The zero-order valence-corrected chi connectivity index (χ0v) is 13.7. The van der Waals surface area contributed by atoms with E-state index in [0.29, 0.717) is 0 Å². The Morgan fingerprint density at radius 3 is 2.65 bits per heavy atom. The van der Waals surface area contributed by atoms with Gasteiger partial charge in [-0.05, 0) is 29.7 Å². The third-order valence-electron chi connectivity index (χ3n) is 4.62. The van der Waals surface area contributed by atoms with Gasteiger partial charge in [0.05, 0.1) is 0 Å². The minimum atomic E-state index is 0.0695. The molecular weight excluding hydrogens is 306 g/mol. The molecule has 23 heavy (non-hydrogen) atoms. The van der Waals surface area contributed by atoms with Crippen LogP contribution in [0.3, 0.4) is 0 Å². The molecule has 2 aromatic rings. The van der Waals surface area contributed by atoms with E-state index in [1.165, 1.54) is 5.56 Å². The quantitative estimate of drug-likeness (QED) is 0.753. The number of piperidine rings is 1. The van der Waals surface area contributed by atoms with Crippen LogP contribution in [0.15, 0.2) is 55.1 Å². The van der Waals surface area contributed by atoms with Crippen LogP contribution in [0.25, 0.3) is 6.08 Å². The molecule has 2 unspecified atom stereocenters. The number of carbonyl (C=O) groups is 1. The molecule has 1 saturated heterocycles. The number of rotatable bonds is 4. The Balaban J connectivity index is 1.93. The van der Waals surface area contributed by atoms with Crippen molar-refractivity contribution >= 4 is 29.7 Å². The number of aldehydes is 1. The summed E-state index contributed by atoms with van der Waals surface area (Å²) in [5.41, 5.74) is 3.39. The lowest BCUT2D eigenvalue weighted by atomic mass is 9.81. The highest BCUT2D eigenvalue weighted by Crippen LogP contribution is 2.35. The van der Waals surface area contributed by atoms with Crippen molar-refractivity contribution < 1.29 is 4.79 Å². The first-order chi connectivity index (χ1) is 11.2. The molecule has 0 N–H and O–H groups in total. The number of halogens is 1. The van der Waals surface area contributed by atoms with E-state index >= 15 is 0 Å². The topological polar surface area (TPSA) is 20.3 Å². The lowest BCUT2D eigenvalue weighted by Gasteiger charge is -2.38. The molecule has 2 atom stereocenters. The van der Waals surface area contributed by atoms with Gasteiger partial charge in [0, 0.05) is 35.6 Å². The van der Waals surface area contributed by atoms with E-state index in [1.807, 2.05) is 42.5 Å². The van der Waals surface area contributed by atoms with E-state index in [9.17, 15) is 4.79 Å². The van der Waals surface area contributed by atoms with E-state index in [0.717, 1.165) is 42.1 Å². The monoisotopic (exact) mass is 325 g/mol. The molecule has 0 radical (unpaired) electrons. The molecule has 0 spiro atoms. The first kappa shape index (κ1) is 15.8. The van der Waals surface area contributed by atoms with Crippen molar-refractivity contribution in [2.75, 3.05) is 18.0 Å². The van der Waals surface area contributed by atoms with Gasteiger partial charge in [0.25, 0.3) is 0 Å². The number of benzene rings is 2. The van der Waals surface area contributed by atoms with Gasteiger partial charge in [0.15, 0.2) is 0 Å². The van der Waals surface area contributed by atoms with E-state index in [-0.39, 0.29) is 11.8 Å². The lowest BCUT2D eigenvalue weighted by Crippen LogP contribution is -2.40. The Labute approximate surface area is 142 Å². The highest BCUT2D eigenvalue weighted by Gasteiger charge is 2.30. The fraction of sp³-hybridized carbons (Fsp3) is 0.250. The van der Waals surface area contributed by atoms with Gasteiger partial charge in [-0.1, -0.05) is 60.7 Å². The highest BCUT2D eigenvalue weighted by atomic mass is 35.5. The van der Waals surface area contributed by atoms with Crippen molar-refractivity contribution in [2.45, 2.75) is 12.3 Å². The molecule has 0 amide bonds. The molecule has 1 fully saturated rings. The van der Waals surface area contributed by atoms with Crippen LogP contribution in [0.1, 0.15) is 23.5 Å². The second-order valence-corrected chi connectivity index (χ2v) is 6.40. The molecule has 3 heteroatoms. The van der Waals surface area contributed by atoms with Gasteiger partial charge in [0.2, 0.25) is 0 Å². The van der Waals surface area contributed by atoms with Gasteiger partial charge in [-0.25, -0.2) is 0 Å². The molecular formula is C20H20ClNO. The maximum Gasteiger partial charge on any atom is 0.123 e. The van der Waals surface area contributed by atoms with Crippen LogP contribution in [-0.2, 0) is 4.79 Å². The van der Waals surface area contributed by atoms with Gasteiger partial charge >= 0.3 is 0 Å². The van der Waals surface area contributed by atoms with Crippen molar-refractivity contribution in [1.82, 2.24) is 0 Å². The van der Waals surface area contributed by atoms with Crippen LogP contribution in [0.5, 0.6) is 0 Å². The average molecular weight is 326 g/mol. The second-order valence-electron chi connectivity index (χ2n) is 5.96. The van der Waals surface area contributed by atoms with Crippen LogP contribution < -0.4 is 4.90 Å². The number of hydrogen-bond donors (Lipinski definition) is 0.